The molecule has 0 saturated carbocycles. The molecule has 2 rings (SSSR count). The van der Waals surface area contributed by atoms with E-state index in [1.54, 1.807) is 6.07 Å². The van der Waals surface area contributed by atoms with Gasteiger partial charge in [-0.05, 0) is 23.3 Å². The van der Waals surface area contributed by atoms with Crippen LogP contribution >= 0.6 is 0 Å². The zero-order valence-electron chi connectivity index (χ0n) is 12.1. The summed E-state index contributed by atoms with van der Waals surface area (Å²) in [6, 6.07) is 14.4. The van der Waals surface area contributed by atoms with Crippen molar-refractivity contribution in [3.63, 3.8) is 0 Å². The highest BCUT2D eigenvalue weighted by Crippen LogP contribution is 2.29. The van der Waals surface area contributed by atoms with Gasteiger partial charge in [0, 0.05) is 20.0 Å². The Bertz CT molecular complexity index is 638. The molecular formula is C17H16F3NO. The molecule has 2 aromatic carbocycles. The highest BCUT2D eigenvalue weighted by Gasteiger charge is 2.30. The third-order valence-corrected chi connectivity index (χ3v) is 3.29. The van der Waals surface area contributed by atoms with Gasteiger partial charge in [0.15, 0.2) is 0 Å². The lowest BCUT2D eigenvalue weighted by Crippen LogP contribution is -2.27. The second-order valence-electron chi connectivity index (χ2n) is 5.06. The van der Waals surface area contributed by atoms with Crippen molar-refractivity contribution in [1.82, 2.24) is 4.90 Å². The van der Waals surface area contributed by atoms with Crippen LogP contribution in [0.2, 0.25) is 0 Å². The minimum absolute atomic E-state index is 0.147. The average molecular weight is 307 g/mol. The summed E-state index contributed by atoms with van der Waals surface area (Å²) >= 11 is 0. The van der Waals surface area contributed by atoms with Crippen LogP contribution in [-0.2, 0) is 24.1 Å². The number of amides is 1. The first kappa shape index (κ1) is 16.1. The summed E-state index contributed by atoms with van der Waals surface area (Å²) in [4.78, 5) is 13.3. The predicted molar refractivity (Wildman–Crippen MR) is 77.8 cm³/mol. The minimum atomic E-state index is -4.38. The molecule has 2 aromatic rings. The molecule has 0 heterocycles. The van der Waals surface area contributed by atoms with E-state index in [0.29, 0.717) is 12.1 Å². The summed E-state index contributed by atoms with van der Waals surface area (Å²) in [5.41, 5.74) is 0.693. The van der Waals surface area contributed by atoms with Crippen molar-refractivity contribution < 1.29 is 18.0 Å². The maximum atomic E-state index is 12.7. The molecule has 5 heteroatoms. The maximum absolute atomic E-state index is 12.7. The Balaban J connectivity index is 2.16. The van der Waals surface area contributed by atoms with Gasteiger partial charge in [-0.25, -0.2) is 0 Å². The first-order valence-corrected chi connectivity index (χ1v) is 6.82. The molecule has 0 fully saturated rings. The molecule has 0 aliphatic rings. The number of nitrogens with zero attached hydrogens (tertiary/aromatic N) is 1. The lowest BCUT2D eigenvalue weighted by atomic mass is 10.1. The van der Waals surface area contributed by atoms with Crippen molar-refractivity contribution in [2.24, 2.45) is 0 Å². The van der Waals surface area contributed by atoms with E-state index in [2.05, 4.69) is 0 Å². The molecule has 0 N–H and O–H groups in total. The lowest BCUT2D eigenvalue weighted by Gasteiger charge is -2.22. The summed E-state index contributed by atoms with van der Waals surface area (Å²) in [6.45, 7) is 1.93. The quantitative estimate of drug-likeness (QED) is 0.826. The molecular weight excluding hydrogens is 291 g/mol. The lowest BCUT2D eigenvalue weighted by molar-refractivity contribution is -0.137. The number of carbonyl (C=O) groups is 1. The average Bonchev–Trinajstić information content (AvgIpc) is 2.47. The van der Waals surface area contributed by atoms with Gasteiger partial charge in [-0.1, -0.05) is 42.5 Å². The monoisotopic (exact) mass is 307 g/mol. The van der Waals surface area contributed by atoms with Crippen LogP contribution < -0.4 is 0 Å². The molecule has 0 radical (unpaired) electrons. The van der Waals surface area contributed by atoms with Crippen molar-refractivity contribution in [1.29, 1.82) is 0 Å². The second-order valence-corrected chi connectivity index (χ2v) is 5.06. The molecule has 2 nitrogen and oxygen atoms in total. The Morgan fingerprint density at radius 3 is 2.14 bits per heavy atom. The number of halogens is 3. The van der Waals surface area contributed by atoms with E-state index >= 15 is 0 Å². The van der Waals surface area contributed by atoms with Gasteiger partial charge in [-0.3, -0.25) is 4.79 Å². The standard InChI is InChI=1S/C17H16F3NO/c1-13(22)21(11-14-6-3-2-4-7-14)12-15-8-5-9-16(10-15)17(18,19)20/h2-10H,11-12H2,1H3. The van der Waals surface area contributed by atoms with Crippen molar-refractivity contribution in [3.05, 3.63) is 71.3 Å². The van der Waals surface area contributed by atoms with Crippen LogP contribution in [0.1, 0.15) is 23.6 Å². The van der Waals surface area contributed by atoms with E-state index in [-0.39, 0.29) is 12.5 Å². The Morgan fingerprint density at radius 2 is 1.55 bits per heavy atom. The van der Waals surface area contributed by atoms with Crippen LogP contribution in [0.3, 0.4) is 0 Å². The molecule has 0 aromatic heterocycles. The predicted octanol–water partition coefficient (Wildman–Crippen LogP) is 4.25. The number of rotatable bonds is 4. The van der Waals surface area contributed by atoms with Crippen LogP contribution in [0.15, 0.2) is 54.6 Å². The summed E-state index contributed by atoms with van der Waals surface area (Å²) < 4.78 is 38.2. The normalized spacial score (nSPS) is 11.3. The number of benzene rings is 2. The van der Waals surface area contributed by atoms with Gasteiger partial charge in [-0.15, -0.1) is 0 Å². The molecule has 0 atom stereocenters. The summed E-state index contributed by atoms with van der Waals surface area (Å²) in [6.07, 6.45) is -4.38. The largest absolute Gasteiger partial charge is 0.416 e. The highest BCUT2D eigenvalue weighted by molar-refractivity contribution is 5.73. The Labute approximate surface area is 127 Å². The molecule has 0 aliphatic heterocycles. The zero-order chi connectivity index (χ0) is 16.2. The van der Waals surface area contributed by atoms with E-state index < -0.39 is 11.7 Å². The minimum Gasteiger partial charge on any atom is -0.334 e. The summed E-state index contributed by atoms with van der Waals surface area (Å²) in [7, 11) is 0. The summed E-state index contributed by atoms with van der Waals surface area (Å²) in [5.74, 6) is -0.179. The molecule has 0 spiro atoms. The van der Waals surface area contributed by atoms with E-state index in [4.69, 9.17) is 0 Å². The first-order chi connectivity index (χ1) is 10.4. The van der Waals surface area contributed by atoms with Crippen LogP contribution in [-0.4, -0.2) is 10.8 Å². The van der Waals surface area contributed by atoms with Gasteiger partial charge in [0.25, 0.3) is 0 Å². The van der Waals surface area contributed by atoms with Crippen molar-refractivity contribution >= 4 is 5.91 Å². The van der Waals surface area contributed by atoms with Gasteiger partial charge in [-0.2, -0.15) is 13.2 Å². The zero-order valence-corrected chi connectivity index (χ0v) is 12.1. The molecule has 116 valence electrons. The third kappa shape index (κ3) is 4.35. The van der Waals surface area contributed by atoms with Gasteiger partial charge in [0.05, 0.1) is 5.56 Å². The van der Waals surface area contributed by atoms with Gasteiger partial charge < -0.3 is 4.90 Å². The van der Waals surface area contributed by atoms with Crippen molar-refractivity contribution in [2.45, 2.75) is 26.2 Å². The van der Waals surface area contributed by atoms with Crippen LogP contribution in [0.5, 0.6) is 0 Å². The fraction of sp³-hybridized carbons (Fsp3) is 0.235. The SMILES string of the molecule is CC(=O)N(Cc1ccccc1)Cc1cccc(C(F)(F)F)c1. The second kappa shape index (κ2) is 6.64. The molecule has 0 aliphatic carbocycles. The maximum Gasteiger partial charge on any atom is 0.416 e. The Morgan fingerprint density at radius 1 is 0.955 bits per heavy atom. The van der Waals surface area contributed by atoms with Gasteiger partial charge >= 0.3 is 6.18 Å². The molecule has 0 unspecified atom stereocenters. The van der Waals surface area contributed by atoms with E-state index in [1.165, 1.54) is 17.9 Å². The molecule has 0 bridgehead atoms. The van der Waals surface area contributed by atoms with Crippen LogP contribution in [0.4, 0.5) is 13.2 Å². The molecule has 22 heavy (non-hydrogen) atoms. The smallest absolute Gasteiger partial charge is 0.334 e. The fourth-order valence-corrected chi connectivity index (χ4v) is 2.15. The fourth-order valence-electron chi connectivity index (χ4n) is 2.15. The first-order valence-electron chi connectivity index (χ1n) is 6.82. The van der Waals surface area contributed by atoms with E-state index in [1.807, 2.05) is 30.3 Å². The van der Waals surface area contributed by atoms with Gasteiger partial charge in [0.1, 0.15) is 0 Å². The van der Waals surface area contributed by atoms with E-state index in [9.17, 15) is 18.0 Å². The third-order valence-electron chi connectivity index (χ3n) is 3.29. The Hall–Kier alpha value is -2.30. The number of carbonyl (C=O) groups excluding carboxylic acids is 1. The van der Waals surface area contributed by atoms with Crippen LogP contribution in [0.25, 0.3) is 0 Å². The highest BCUT2D eigenvalue weighted by atomic mass is 19.4. The van der Waals surface area contributed by atoms with Crippen LogP contribution in [0, 0.1) is 0 Å². The number of hydrogen-bond acceptors (Lipinski definition) is 1. The van der Waals surface area contributed by atoms with Crippen molar-refractivity contribution in [3.8, 4) is 0 Å². The topological polar surface area (TPSA) is 20.3 Å². The Kier molecular flexibility index (Phi) is 4.85. The van der Waals surface area contributed by atoms with Crippen molar-refractivity contribution in [2.75, 3.05) is 0 Å². The summed E-state index contributed by atoms with van der Waals surface area (Å²) in [5, 5.41) is 0. The number of hydrogen-bond donors (Lipinski definition) is 0. The number of alkyl halides is 3. The molecule has 1 amide bonds. The van der Waals surface area contributed by atoms with E-state index in [0.717, 1.165) is 17.7 Å². The molecule has 0 saturated heterocycles. The van der Waals surface area contributed by atoms with Gasteiger partial charge in [0.2, 0.25) is 5.91 Å².